The molecule has 0 bridgehead atoms. The van der Waals surface area contributed by atoms with E-state index >= 15 is 0 Å². The predicted molar refractivity (Wildman–Crippen MR) is 90.3 cm³/mol. The largest absolute Gasteiger partial charge is 0.478 e. The molecule has 0 aromatic carbocycles. The fraction of sp³-hybridized carbons (Fsp3) is 1.00. The van der Waals surface area contributed by atoms with Gasteiger partial charge in [0, 0.05) is 6.61 Å². The SMILES string of the molecule is CCCCCCOC(CC)[O][Al]([CH2]C(C)C)[CH2]C(C)C. The molecule has 120 valence electrons. The van der Waals surface area contributed by atoms with Gasteiger partial charge in [0.25, 0.3) is 0 Å². The minimum Gasteiger partial charge on any atom is -0.478 e. The lowest BCUT2D eigenvalue weighted by Crippen LogP contribution is -2.30. The fourth-order valence-corrected chi connectivity index (χ4v) is 5.69. The first kappa shape index (κ1) is 20.5. The molecule has 1 unspecified atom stereocenters. The maximum absolute atomic E-state index is 6.34. The van der Waals surface area contributed by atoms with E-state index in [2.05, 4.69) is 41.5 Å². The van der Waals surface area contributed by atoms with Crippen LogP contribution in [-0.4, -0.2) is 27.4 Å². The third kappa shape index (κ3) is 12.2. The number of hydrogen-bond donors (Lipinski definition) is 0. The fourth-order valence-electron chi connectivity index (χ4n) is 2.47. The Labute approximate surface area is 132 Å². The monoisotopic (exact) mass is 300 g/mol. The summed E-state index contributed by atoms with van der Waals surface area (Å²) in [4.78, 5) is 0. The number of hydrogen-bond acceptors (Lipinski definition) is 2. The van der Waals surface area contributed by atoms with Gasteiger partial charge in [0.1, 0.15) is 6.29 Å². The smallest absolute Gasteiger partial charge is 0.463 e. The maximum atomic E-state index is 6.34. The molecule has 2 nitrogen and oxygen atoms in total. The van der Waals surface area contributed by atoms with Crippen molar-refractivity contribution in [1.29, 1.82) is 0 Å². The molecule has 0 saturated heterocycles. The molecular formula is C17H37AlO2. The normalized spacial score (nSPS) is 13.2. The molecule has 0 aliphatic heterocycles. The molecule has 0 aliphatic carbocycles. The van der Waals surface area contributed by atoms with E-state index in [1.807, 2.05) is 0 Å². The van der Waals surface area contributed by atoms with Gasteiger partial charge in [0.05, 0.1) is 0 Å². The Morgan fingerprint density at radius 1 is 0.850 bits per heavy atom. The first-order valence-electron chi connectivity index (χ1n) is 8.76. The van der Waals surface area contributed by atoms with Crippen molar-refractivity contribution in [3.8, 4) is 0 Å². The second kappa shape index (κ2) is 13.1. The van der Waals surface area contributed by atoms with Crippen molar-refractivity contribution in [2.24, 2.45) is 11.8 Å². The Balaban J connectivity index is 4.05. The van der Waals surface area contributed by atoms with E-state index in [0.29, 0.717) is 0 Å². The molecule has 0 aliphatic rings. The minimum absolute atomic E-state index is 0.0470. The van der Waals surface area contributed by atoms with Crippen LogP contribution in [0.2, 0.25) is 10.6 Å². The molecule has 0 amide bonds. The van der Waals surface area contributed by atoms with E-state index in [-0.39, 0.29) is 6.29 Å². The number of unbranched alkanes of at least 4 members (excludes halogenated alkanes) is 3. The first-order valence-corrected chi connectivity index (χ1v) is 10.9. The van der Waals surface area contributed by atoms with Crippen LogP contribution in [0.1, 0.15) is 73.6 Å². The van der Waals surface area contributed by atoms with Crippen molar-refractivity contribution in [3.05, 3.63) is 0 Å². The van der Waals surface area contributed by atoms with Crippen LogP contribution in [0.15, 0.2) is 0 Å². The van der Waals surface area contributed by atoms with Gasteiger partial charge in [-0.2, -0.15) is 0 Å². The highest BCUT2D eigenvalue weighted by Crippen LogP contribution is 2.18. The minimum atomic E-state index is -1.11. The second-order valence-corrected chi connectivity index (χ2v) is 9.25. The third-order valence-electron chi connectivity index (χ3n) is 3.45. The summed E-state index contributed by atoms with van der Waals surface area (Å²) in [7, 11) is 0. The molecule has 0 fully saturated rings. The van der Waals surface area contributed by atoms with E-state index in [4.69, 9.17) is 8.53 Å². The van der Waals surface area contributed by atoms with Crippen LogP contribution < -0.4 is 0 Å². The van der Waals surface area contributed by atoms with Crippen LogP contribution in [-0.2, 0) is 8.53 Å². The van der Waals surface area contributed by atoms with E-state index in [0.717, 1.165) is 24.9 Å². The summed E-state index contributed by atoms with van der Waals surface area (Å²) >= 11 is -1.11. The second-order valence-electron chi connectivity index (χ2n) is 6.79. The van der Waals surface area contributed by atoms with Crippen LogP contribution in [0, 0.1) is 11.8 Å². The Morgan fingerprint density at radius 2 is 1.45 bits per heavy atom. The zero-order chi connectivity index (χ0) is 15.4. The summed E-state index contributed by atoms with van der Waals surface area (Å²) in [5.74, 6) is 1.49. The average Bonchev–Trinajstić information content (AvgIpc) is 2.35. The Kier molecular flexibility index (Phi) is 13.4. The Hall–Kier alpha value is 0.452. The molecule has 20 heavy (non-hydrogen) atoms. The van der Waals surface area contributed by atoms with Gasteiger partial charge in [-0.05, 0) is 12.8 Å². The summed E-state index contributed by atoms with van der Waals surface area (Å²) in [5, 5.41) is 2.54. The Morgan fingerprint density at radius 3 is 1.90 bits per heavy atom. The highest BCUT2D eigenvalue weighted by atomic mass is 27.2. The number of rotatable bonds is 13. The standard InChI is InChI=1S/C9H19O2.2C4H9.Al/c1-3-5-6-7-8-11-9(10)4-2;2*1-4(2)3;/h9H,3-8H2,1-2H3;2*4H,1H2,2-3H3;/q-1;;;+1. The van der Waals surface area contributed by atoms with Gasteiger partial charge in [-0.25, -0.2) is 0 Å². The molecular weight excluding hydrogens is 263 g/mol. The van der Waals surface area contributed by atoms with Crippen molar-refractivity contribution in [2.75, 3.05) is 6.61 Å². The van der Waals surface area contributed by atoms with Crippen molar-refractivity contribution < 1.29 is 8.53 Å². The highest BCUT2D eigenvalue weighted by molar-refractivity contribution is 6.51. The molecule has 0 aromatic heterocycles. The van der Waals surface area contributed by atoms with Gasteiger partial charge in [0.2, 0.25) is 0 Å². The van der Waals surface area contributed by atoms with Crippen molar-refractivity contribution in [2.45, 2.75) is 90.5 Å². The third-order valence-corrected chi connectivity index (χ3v) is 7.07. The van der Waals surface area contributed by atoms with E-state index in [9.17, 15) is 0 Å². The van der Waals surface area contributed by atoms with Crippen molar-refractivity contribution in [1.82, 2.24) is 0 Å². The Bertz CT molecular complexity index is 197. The van der Waals surface area contributed by atoms with Gasteiger partial charge in [-0.3, -0.25) is 0 Å². The van der Waals surface area contributed by atoms with Gasteiger partial charge in [-0.15, -0.1) is 0 Å². The van der Waals surface area contributed by atoms with Crippen LogP contribution in [0.3, 0.4) is 0 Å². The van der Waals surface area contributed by atoms with E-state index in [1.54, 1.807) is 0 Å². The maximum Gasteiger partial charge on any atom is 0.463 e. The molecule has 0 heterocycles. The van der Waals surface area contributed by atoms with Gasteiger partial charge in [-0.1, -0.05) is 83.2 Å². The van der Waals surface area contributed by atoms with Gasteiger partial charge < -0.3 is 8.53 Å². The van der Waals surface area contributed by atoms with Crippen LogP contribution >= 0.6 is 0 Å². The van der Waals surface area contributed by atoms with Crippen LogP contribution in [0.4, 0.5) is 0 Å². The molecule has 0 radical (unpaired) electrons. The van der Waals surface area contributed by atoms with Crippen molar-refractivity contribution >= 4 is 14.5 Å². The highest BCUT2D eigenvalue weighted by Gasteiger charge is 2.26. The van der Waals surface area contributed by atoms with Gasteiger partial charge in [0.15, 0.2) is 0 Å². The predicted octanol–water partition coefficient (Wildman–Crippen LogP) is 5.64. The molecule has 0 spiro atoms. The average molecular weight is 300 g/mol. The summed E-state index contributed by atoms with van der Waals surface area (Å²) in [6.45, 7) is 14.5. The zero-order valence-corrected chi connectivity index (χ0v) is 15.9. The quantitative estimate of drug-likeness (QED) is 0.249. The molecule has 0 N–H and O–H groups in total. The van der Waals surface area contributed by atoms with Crippen LogP contribution in [0.5, 0.6) is 0 Å². The van der Waals surface area contributed by atoms with Gasteiger partial charge >= 0.3 is 14.5 Å². The van der Waals surface area contributed by atoms with Crippen LogP contribution in [0.25, 0.3) is 0 Å². The first-order chi connectivity index (χ1) is 9.49. The zero-order valence-electron chi connectivity index (χ0n) is 14.8. The summed E-state index contributed by atoms with van der Waals surface area (Å²) in [6.07, 6.45) is 6.09. The lowest BCUT2D eigenvalue weighted by Gasteiger charge is -2.24. The molecule has 1 atom stereocenters. The molecule has 3 heteroatoms. The van der Waals surface area contributed by atoms with E-state index < -0.39 is 14.5 Å². The molecule has 0 rings (SSSR count). The molecule has 0 aromatic rings. The summed E-state index contributed by atoms with van der Waals surface area (Å²) in [6, 6.07) is 0. The number of ether oxygens (including phenoxy) is 1. The topological polar surface area (TPSA) is 18.5 Å². The van der Waals surface area contributed by atoms with Crippen molar-refractivity contribution in [3.63, 3.8) is 0 Å². The molecule has 0 saturated carbocycles. The van der Waals surface area contributed by atoms with E-state index in [1.165, 1.54) is 36.2 Å². The lowest BCUT2D eigenvalue weighted by molar-refractivity contribution is -0.0861. The summed E-state index contributed by atoms with van der Waals surface area (Å²) < 4.78 is 12.3. The summed E-state index contributed by atoms with van der Waals surface area (Å²) in [5.41, 5.74) is 0. The lowest BCUT2D eigenvalue weighted by atomic mass is 10.2.